The standard InChI is InChI=1S/C53H64F4N10O3/c1-6-37-25-58-52(59-26-37)64-15-11-39(12-16-64)33-69-50-46(54)21-42(22-47(50)55)41-9-7-38(8-10-41)31-66(36(3)68)30-35(2)44-27-60-53(61-28-44)65-17-13-40(14-18-65)34-70-51-48(56)23-43(24-49(51)57)45-29-62-67(32-45)20-19-63(4)5/h7-10,21-25,27-29,32,35,37,39-40H,6,11-20,26,30-31,33-34H2,1-5H3. The first-order valence-electron chi connectivity index (χ1n) is 24.5. The third kappa shape index (κ3) is 12.7. The monoisotopic (exact) mass is 965 g/mol. The molecule has 0 N–H and O–H groups in total. The van der Waals surface area contributed by atoms with Crippen LogP contribution in [0.1, 0.15) is 69.9 Å². The lowest BCUT2D eigenvalue weighted by atomic mass is 9.98. The fourth-order valence-electron chi connectivity index (χ4n) is 9.06. The Balaban J connectivity index is 0.776. The summed E-state index contributed by atoms with van der Waals surface area (Å²) in [5, 5.41) is 4.31. The minimum atomic E-state index is -0.750. The van der Waals surface area contributed by atoms with Crippen molar-refractivity contribution < 1.29 is 31.8 Å². The van der Waals surface area contributed by atoms with Gasteiger partial charge in [0.05, 0.1) is 32.5 Å². The molecule has 2 saturated heterocycles. The van der Waals surface area contributed by atoms with E-state index >= 15 is 17.6 Å². The molecule has 3 aliphatic heterocycles. The van der Waals surface area contributed by atoms with Crippen LogP contribution < -0.4 is 14.4 Å². The first kappa shape index (κ1) is 50.0. The normalized spacial score (nSPS) is 17.2. The molecule has 13 nitrogen and oxygen atoms in total. The van der Waals surface area contributed by atoms with Crippen LogP contribution >= 0.6 is 0 Å². The molecule has 2 fully saturated rings. The Morgan fingerprint density at radius 3 is 1.84 bits per heavy atom. The SMILES string of the molecule is CCC1C=NC(N2CCC(COc3c(F)cc(-c4ccc(CN(CC(C)c5cnc(N6CCC(COc7c(F)cc(-c8cnn(CCN(C)C)c8)cc7F)CC6)nc5)C(C)=O)cc4)cc3F)CC2)=NC1. The van der Waals surface area contributed by atoms with Gasteiger partial charge in [0.2, 0.25) is 17.8 Å². The number of likely N-dealkylation sites (N-methyl/N-ethyl adjacent to an activating group) is 1. The number of hydrogen-bond acceptors (Lipinski definition) is 11. The molecule has 2 atom stereocenters. The number of piperidine rings is 2. The fraction of sp³-hybridized carbons (Fsp3) is 0.472. The van der Waals surface area contributed by atoms with E-state index in [9.17, 15) is 4.79 Å². The van der Waals surface area contributed by atoms with Gasteiger partial charge in [0.15, 0.2) is 34.8 Å². The summed E-state index contributed by atoms with van der Waals surface area (Å²) in [4.78, 5) is 39.4. The molecule has 0 radical (unpaired) electrons. The molecule has 8 rings (SSSR count). The average molecular weight is 965 g/mol. The van der Waals surface area contributed by atoms with Crippen molar-refractivity contribution >= 4 is 24.0 Å². The van der Waals surface area contributed by atoms with Crippen LogP contribution in [0.2, 0.25) is 0 Å². The summed E-state index contributed by atoms with van der Waals surface area (Å²) < 4.78 is 74.1. The third-order valence-electron chi connectivity index (χ3n) is 13.7. The lowest BCUT2D eigenvalue weighted by molar-refractivity contribution is -0.129. The van der Waals surface area contributed by atoms with E-state index in [1.807, 2.05) is 44.3 Å². The Kier molecular flexibility index (Phi) is 16.5. The number of guanidine groups is 1. The number of ether oxygens (including phenoxy) is 2. The number of nitrogens with zero attached hydrogens (tertiary/aromatic N) is 10. The van der Waals surface area contributed by atoms with E-state index in [4.69, 9.17) is 9.47 Å². The summed E-state index contributed by atoms with van der Waals surface area (Å²) in [5.41, 5.74) is 3.82. The quantitative estimate of drug-likeness (QED) is 0.0794. The van der Waals surface area contributed by atoms with E-state index in [0.717, 1.165) is 75.4 Å². The number of halogens is 4. The second-order valence-electron chi connectivity index (χ2n) is 19.2. The van der Waals surface area contributed by atoms with Crippen LogP contribution in [0.15, 0.2) is 83.3 Å². The molecule has 5 heterocycles. The van der Waals surface area contributed by atoms with Gasteiger partial charge >= 0.3 is 0 Å². The largest absolute Gasteiger partial charge is 0.487 e. The van der Waals surface area contributed by atoms with Gasteiger partial charge in [-0.3, -0.25) is 14.5 Å². The molecular formula is C53H64F4N10O3. The zero-order chi connectivity index (χ0) is 49.3. The molecule has 3 aliphatic rings. The maximum Gasteiger partial charge on any atom is 0.225 e. The zero-order valence-electron chi connectivity index (χ0n) is 40.8. The van der Waals surface area contributed by atoms with Crippen molar-refractivity contribution in [3.05, 3.63) is 108 Å². The Morgan fingerprint density at radius 2 is 1.33 bits per heavy atom. The van der Waals surface area contributed by atoms with Gasteiger partial charge in [-0.1, -0.05) is 38.1 Å². The smallest absolute Gasteiger partial charge is 0.225 e. The van der Waals surface area contributed by atoms with Gasteiger partial charge in [-0.05, 0) is 110 Å². The molecule has 1 amide bonds. The van der Waals surface area contributed by atoms with E-state index in [2.05, 4.69) is 41.8 Å². The molecule has 0 saturated carbocycles. The van der Waals surface area contributed by atoms with Crippen LogP contribution in [0.25, 0.3) is 22.3 Å². The second kappa shape index (κ2) is 23.0. The first-order chi connectivity index (χ1) is 33.8. The number of benzene rings is 3. The maximum absolute atomic E-state index is 15.3. The van der Waals surface area contributed by atoms with Crippen LogP contribution in [0.4, 0.5) is 23.5 Å². The second-order valence-corrected chi connectivity index (χ2v) is 19.2. The minimum Gasteiger partial charge on any atom is -0.487 e. The molecule has 2 aromatic heterocycles. The van der Waals surface area contributed by atoms with Crippen molar-refractivity contribution in [2.24, 2.45) is 27.7 Å². The van der Waals surface area contributed by atoms with Crippen LogP contribution in [-0.4, -0.2) is 126 Å². The van der Waals surface area contributed by atoms with Crippen molar-refractivity contribution in [3.8, 4) is 33.8 Å². The molecule has 2 unspecified atom stereocenters. The van der Waals surface area contributed by atoms with Crippen molar-refractivity contribution in [1.82, 2.24) is 34.4 Å². The van der Waals surface area contributed by atoms with E-state index in [0.29, 0.717) is 66.8 Å². The number of amides is 1. The number of rotatable bonds is 18. The van der Waals surface area contributed by atoms with E-state index in [1.54, 1.807) is 46.5 Å². The molecule has 0 aliphatic carbocycles. The summed E-state index contributed by atoms with van der Waals surface area (Å²) in [5.74, 6) is -1.85. The van der Waals surface area contributed by atoms with Gasteiger partial charge < -0.3 is 29.1 Å². The van der Waals surface area contributed by atoms with Crippen molar-refractivity contribution in [2.45, 2.75) is 71.9 Å². The van der Waals surface area contributed by atoms with Gasteiger partial charge in [-0.25, -0.2) is 32.5 Å². The van der Waals surface area contributed by atoms with Gasteiger partial charge in [-0.15, -0.1) is 0 Å². The number of anilines is 1. The van der Waals surface area contributed by atoms with Gasteiger partial charge in [0.1, 0.15) is 0 Å². The highest BCUT2D eigenvalue weighted by atomic mass is 19.1. The number of aromatic nitrogens is 4. The van der Waals surface area contributed by atoms with E-state index < -0.39 is 23.3 Å². The Labute approximate surface area is 408 Å². The Morgan fingerprint density at radius 1 is 0.771 bits per heavy atom. The van der Waals surface area contributed by atoms with Gasteiger partial charge in [0.25, 0.3) is 0 Å². The number of carbonyl (C=O) groups excluding carboxylic acids is 1. The highest BCUT2D eigenvalue weighted by molar-refractivity contribution is 5.90. The molecule has 70 heavy (non-hydrogen) atoms. The molecular weight excluding hydrogens is 901 g/mol. The first-order valence-corrected chi connectivity index (χ1v) is 24.5. The number of aliphatic imine (C=N–C) groups is 2. The molecule has 17 heteroatoms. The van der Waals surface area contributed by atoms with Crippen molar-refractivity contribution in [3.63, 3.8) is 0 Å². The molecule has 0 bridgehead atoms. The highest BCUT2D eigenvalue weighted by Gasteiger charge is 2.27. The van der Waals surface area contributed by atoms with Gasteiger partial charge in [0, 0.05) is 94.9 Å². The Bertz CT molecular complexity index is 2560. The van der Waals surface area contributed by atoms with E-state index in [1.165, 1.54) is 31.2 Å². The van der Waals surface area contributed by atoms with Crippen LogP contribution in [0, 0.1) is 41.0 Å². The Hall–Kier alpha value is -6.36. The minimum absolute atomic E-state index is 0.0692. The summed E-state index contributed by atoms with van der Waals surface area (Å²) >= 11 is 0. The van der Waals surface area contributed by atoms with Crippen LogP contribution in [0.5, 0.6) is 11.5 Å². The van der Waals surface area contributed by atoms with Crippen molar-refractivity contribution in [1.29, 1.82) is 0 Å². The predicted molar refractivity (Wildman–Crippen MR) is 264 cm³/mol. The summed E-state index contributed by atoms with van der Waals surface area (Å²) in [6, 6.07) is 12.5. The van der Waals surface area contributed by atoms with Crippen LogP contribution in [0.3, 0.4) is 0 Å². The average Bonchev–Trinajstić information content (AvgIpc) is 3.85. The lowest BCUT2D eigenvalue weighted by Crippen LogP contribution is -2.40. The molecule has 372 valence electrons. The van der Waals surface area contributed by atoms with E-state index in [-0.39, 0.29) is 48.4 Å². The number of likely N-dealkylation sites (tertiary alicyclic amines) is 1. The summed E-state index contributed by atoms with van der Waals surface area (Å²) in [7, 11) is 3.94. The van der Waals surface area contributed by atoms with Gasteiger partial charge in [-0.2, -0.15) is 5.10 Å². The summed E-state index contributed by atoms with van der Waals surface area (Å²) in [6.07, 6.45) is 13.1. The maximum atomic E-state index is 15.3. The van der Waals surface area contributed by atoms with Crippen molar-refractivity contribution in [2.75, 3.05) is 78.0 Å². The third-order valence-corrected chi connectivity index (χ3v) is 13.7. The zero-order valence-corrected chi connectivity index (χ0v) is 40.8. The predicted octanol–water partition coefficient (Wildman–Crippen LogP) is 9.13. The van der Waals surface area contributed by atoms with Crippen LogP contribution in [-0.2, 0) is 17.9 Å². The lowest BCUT2D eigenvalue weighted by Gasteiger charge is -2.33. The topological polar surface area (TPSA) is 117 Å². The fourth-order valence-corrected chi connectivity index (χ4v) is 9.06. The number of carbonyl (C=O) groups is 1. The molecule has 0 spiro atoms. The molecule has 5 aromatic rings. The summed E-state index contributed by atoms with van der Waals surface area (Å²) in [6.45, 7) is 12.0. The molecule has 3 aromatic carbocycles. The number of hydrogen-bond donors (Lipinski definition) is 0. The highest BCUT2D eigenvalue weighted by Crippen LogP contribution is 2.33.